The minimum absolute atomic E-state index is 0.0684. The zero-order chi connectivity index (χ0) is 21.2. The third-order valence-corrected chi connectivity index (χ3v) is 6.17. The van der Waals surface area contributed by atoms with Crippen molar-refractivity contribution < 1.29 is 9.59 Å². The fraction of sp³-hybridized carbons (Fsp3) is 0.292. The molecule has 0 bridgehead atoms. The quantitative estimate of drug-likeness (QED) is 0.677. The topological polar surface area (TPSA) is 76.0 Å². The number of aromatic nitrogens is 2. The molecule has 0 unspecified atom stereocenters. The number of benzene rings is 2. The van der Waals surface area contributed by atoms with Crippen LogP contribution in [0, 0.1) is 13.8 Å². The average Bonchev–Trinajstić information content (AvgIpc) is 3.21. The molecule has 0 radical (unpaired) electrons. The second-order valence-electron chi connectivity index (χ2n) is 8.71. The van der Waals surface area contributed by atoms with E-state index in [2.05, 4.69) is 41.7 Å². The van der Waals surface area contributed by atoms with Crippen molar-refractivity contribution in [3.05, 3.63) is 70.4 Å². The highest BCUT2D eigenvalue weighted by atomic mass is 16.2. The van der Waals surface area contributed by atoms with Crippen LogP contribution in [0.4, 0.5) is 11.5 Å². The molecule has 0 saturated carbocycles. The molecule has 2 N–H and O–H groups in total. The van der Waals surface area contributed by atoms with Gasteiger partial charge < -0.3 is 10.6 Å². The van der Waals surface area contributed by atoms with Crippen LogP contribution >= 0.6 is 0 Å². The Morgan fingerprint density at radius 2 is 1.73 bits per heavy atom. The number of nitrogens with one attached hydrogen (secondary N) is 2. The molecule has 6 heteroatoms. The summed E-state index contributed by atoms with van der Waals surface area (Å²) >= 11 is 0. The molecule has 0 saturated heterocycles. The lowest BCUT2D eigenvalue weighted by atomic mass is 9.71. The van der Waals surface area contributed by atoms with E-state index in [9.17, 15) is 9.59 Å². The van der Waals surface area contributed by atoms with Gasteiger partial charge in [-0.05, 0) is 60.2 Å². The maximum atomic E-state index is 13.3. The van der Waals surface area contributed by atoms with E-state index < -0.39 is 5.41 Å². The van der Waals surface area contributed by atoms with Crippen LogP contribution in [0.1, 0.15) is 54.0 Å². The van der Waals surface area contributed by atoms with Crippen molar-refractivity contribution in [3.63, 3.8) is 0 Å². The Balaban J connectivity index is 1.75. The van der Waals surface area contributed by atoms with Crippen molar-refractivity contribution in [2.45, 2.75) is 45.4 Å². The fourth-order valence-corrected chi connectivity index (χ4v) is 4.74. The molecule has 6 nitrogen and oxygen atoms in total. The highest BCUT2D eigenvalue weighted by Gasteiger charge is 2.54. The summed E-state index contributed by atoms with van der Waals surface area (Å²) in [6.45, 7) is 8.30. The van der Waals surface area contributed by atoms with E-state index in [-0.39, 0.29) is 18.2 Å². The average molecular weight is 400 g/mol. The molecular weight excluding hydrogens is 376 g/mol. The van der Waals surface area contributed by atoms with Gasteiger partial charge in [0.15, 0.2) is 0 Å². The highest BCUT2D eigenvalue weighted by Crippen LogP contribution is 2.50. The SMILES string of the molecule is Cc1cc(C)cc(-n2ncc3c2NC(=O)C[C@@]32C(=O)Nc3ccc(C(C)C)cc32)c1. The molecule has 1 spiro atoms. The minimum Gasteiger partial charge on any atom is -0.325 e. The van der Waals surface area contributed by atoms with E-state index in [0.29, 0.717) is 11.7 Å². The number of hydrogen-bond donors (Lipinski definition) is 2. The third-order valence-electron chi connectivity index (χ3n) is 6.17. The van der Waals surface area contributed by atoms with Gasteiger partial charge >= 0.3 is 0 Å². The number of carbonyl (C=O) groups is 2. The van der Waals surface area contributed by atoms with Gasteiger partial charge in [0.25, 0.3) is 0 Å². The number of anilines is 2. The molecule has 1 aromatic heterocycles. The van der Waals surface area contributed by atoms with E-state index >= 15 is 0 Å². The summed E-state index contributed by atoms with van der Waals surface area (Å²) in [5, 5.41) is 10.6. The van der Waals surface area contributed by atoms with Crippen LogP contribution in [0.25, 0.3) is 5.69 Å². The predicted molar refractivity (Wildman–Crippen MR) is 116 cm³/mol. The van der Waals surface area contributed by atoms with Crippen LogP contribution in [0.5, 0.6) is 0 Å². The van der Waals surface area contributed by atoms with Crippen LogP contribution in [0.2, 0.25) is 0 Å². The Morgan fingerprint density at radius 3 is 2.43 bits per heavy atom. The normalized spacial score (nSPS) is 19.6. The van der Waals surface area contributed by atoms with Gasteiger partial charge in [-0.1, -0.05) is 32.0 Å². The first-order chi connectivity index (χ1) is 14.3. The van der Waals surface area contributed by atoms with Gasteiger partial charge in [-0.25, -0.2) is 4.68 Å². The van der Waals surface area contributed by atoms with Gasteiger partial charge in [0.1, 0.15) is 11.2 Å². The van der Waals surface area contributed by atoms with Crippen LogP contribution in [0.15, 0.2) is 42.6 Å². The second-order valence-corrected chi connectivity index (χ2v) is 8.71. The zero-order valence-corrected chi connectivity index (χ0v) is 17.5. The van der Waals surface area contributed by atoms with Gasteiger partial charge in [-0.2, -0.15) is 5.10 Å². The number of amides is 2. The molecule has 2 aliphatic heterocycles. The Hall–Kier alpha value is -3.41. The third kappa shape index (κ3) is 2.53. The van der Waals surface area contributed by atoms with Crippen LogP contribution in [-0.2, 0) is 15.0 Å². The van der Waals surface area contributed by atoms with E-state index in [1.807, 2.05) is 38.1 Å². The number of fused-ring (bicyclic) bond motifs is 4. The standard InChI is InChI=1S/C24H24N4O2/c1-13(2)16-5-6-20-18(10-16)24(23(30)26-20)11-21(29)27-22-19(24)12-25-28(22)17-8-14(3)7-15(4)9-17/h5-10,12-13H,11H2,1-4H3,(H,26,30)(H,27,29)/t24-/m0/s1. The van der Waals surface area contributed by atoms with Crippen molar-refractivity contribution in [2.24, 2.45) is 0 Å². The number of hydrogen-bond acceptors (Lipinski definition) is 3. The van der Waals surface area contributed by atoms with Gasteiger partial charge in [0, 0.05) is 17.7 Å². The molecule has 3 heterocycles. The largest absolute Gasteiger partial charge is 0.325 e. The first-order valence-corrected chi connectivity index (χ1v) is 10.2. The number of nitrogens with zero attached hydrogens (tertiary/aromatic N) is 2. The summed E-state index contributed by atoms with van der Waals surface area (Å²) in [4.78, 5) is 26.2. The molecule has 0 aliphatic carbocycles. The van der Waals surface area contributed by atoms with Crippen LogP contribution in [0.3, 0.4) is 0 Å². The lowest BCUT2D eigenvalue weighted by Gasteiger charge is -2.32. The van der Waals surface area contributed by atoms with Gasteiger partial charge in [0.2, 0.25) is 11.8 Å². The van der Waals surface area contributed by atoms with Crippen molar-refractivity contribution >= 4 is 23.3 Å². The predicted octanol–water partition coefficient (Wildman–Crippen LogP) is 4.19. The highest BCUT2D eigenvalue weighted by molar-refractivity contribution is 6.14. The summed E-state index contributed by atoms with van der Waals surface area (Å²) < 4.78 is 1.73. The van der Waals surface area contributed by atoms with E-state index in [4.69, 9.17) is 0 Å². The summed E-state index contributed by atoms with van der Waals surface area (Å²) in [5.74, 6) is 0.521. The number of aryl methyl sites for hydroxylation is 2. The van der Waals surface area contributed by atoms with Crippen LogP contribution < -0.4 is 10.6 Å². The molecule has 30 heavy (non-hydrogen) atoms. The molecule has 2 aliphatic rings. The van der Waals surface area contributed by atoms with Crippen molar-refractivity contribution in [1.82, 2.24) is 9.78 Å². The number of rotatable bonds is 2. The maximum Gasteiger partial charge on any atom is 0.240 e. The van der Waals surface area contributed by atoms with Crippen molar-refractivity contribution in [1.29, 1.82) is 0 Å². The van der Waals surface area contributed by atoms with E-state index in [1.54, 1.807) is 10.9 Å². The number of carbonyl (C=O) groups excluding carboxylic acids is 2. The van der Waals surface area contributed by atoms with Crippen LogP contribution in [-0.4, -0.2) is 21.6 Å². The Kier molecular flexibility index (Phi) is 3.90. The first-order valence-electron chi connectivity index (χ1n) is 10.2. The lowest BCUT2D eigenvalue weighted by molar-refractivity contribution is -0.125. The maximum absolute atomic E-state index is 13.3. The summed E-state index contributed by atoms with van der Waals surface area (Å²) in [6, 6.07) is 12.2. The molecule has 5 rings (SSSR count). The lowest BCUT2D eigenvalue weighted by Crippen LogP contribution is -2.43. The van der Waals surface area contributed by atoms with Crippen molar-refractivity contribution in [2.75, 3.05) is 10.6 Å². The van der Waals surface area contributed by atoms with E-state index in [1.165, 1.54) is 0 Å². The van der Waals surface area contributed by atoms with Gasteiger partial charge in [0.05, 0.1) is 11.9 Å². The smallest absolute Gasteiger partial charge is 0.240 e. The van der Waals surface area contributed by atoms with Gasteiger partial charge in [-0.3, -0.25) is 9.59 Å². The summed E-state index contributed by atoms with van der Waals surface area (Å²) in [7, 11) is 0. The Bertz CT molecular complexity index is 1200. The monoisotopic (exact) mass is 400 g/mol. The second kappa shape index (κ2) is 6.29. The Morgan fingerprint density at radius 1 is 1.00 bits per heavy atom. The Labute approximate surface area is 175 Å². The zero-order valence-electron chi connectivity index (χ0n) is 17.5. The molecule has 1 atom stereocenters. The van der Waals surface area contributed by atoms with Crippen molar-refractivity contribution in [3.8, 4) is 5.69 Å². The molecule has 2 aromatic carbocycles. The summed E-state index contributed by atoms with van der Waals surface area (Å²) in [6.07, 6.45) is 1.79. The molecule has 3 aromatic rings. The van der Waals surface area contributed by atoms with E-state index in [0.717, 1.165) is 39.2 Å². The minimum atomic E-state index is -1.06. The first kappa shape index (κ1) is 18.6. The summed E-state index contributed by atoms with van der Waals surface area (Å²) in [5.41, 5.74) is 5.51. The molecular formula is C24H24N4O2. The molecule has 2 amide bonds. The molecule has 152 valence electrons. The fourth-order valence-electron chi connectivity index (χ4n) is 4.74. The molecule has 0 fully saturated rings. The van der Waals surface area contributed by atoms with Gasteiger partial charge in [-0.15, -0.1) is 0 Å².